The minimum Gasteiger partial charge on any atom is -0.345 e. The Bertz CT molecular complexity index is 933. The number of halogens is 2. The van der Waals surface area contributed by atoms with Crippen LogP contribution in [0.4, 0.5) is 5.69 Å². The Morgan fingerprint density at radius 1 is 1.17 bits per heavy atom. The van der Waals surface area contributed by atoms with E-state index in [1.54, 1.807) is 41.3 Å². The summed E-state index contributed by atoms with van der Waals surface area (Å²) in [5.74, 6) is -0.906. The smallest absolute Gasteiger partial charge is 0.254 e. The molecular weight excluding hydrogens is 458 g/mol. The number of carbonyl (C=O) groups excluding carboxylic acids is 3. The van der Waals surface area contributed by atoms with Gasteiger partial charge in [0.05, 0.1) is 17.3 Å². The van der Waals surface area contributed by atoms with E-state index in [1.807, 2.05) is 13.0 Å². The number of aryl methyl sites for hydroxylation is 1. The summed E-state index contributed by atoms with van der Waals surface area (Å²) >= 11 is 9.46. The molecule has 0 bridgehead atoms. The molecule has 0 spiro atoms. The maximum Gasteiger partial charge on any atom is 0.254 e. The van der Waals surface area contributed by atoms with Crippen LogP contribution in [0.5, 0.6) is 0 Å². The first kappa shape index (κ1) is 21.3. The van der Waals surface area contributed by atoms with Gasteiger partial charge in [-0.25, -0.2) is 0 Å². The van der Waals surface area contributed by atoms with Crippen molar-refractivity contribution in [2.75, 3.05) is 18.4 Å². The van der Waals surface area contributed by atoms with Crippen LogP contribution in [0.1, 0.15) is 28.8 Å². The Morgan fingerprint density at radius 2 is 1.90 bits per heavy atom. The van der Waals surface area contributed by atoms with Gasteiger partial charge in [-0.1, -0.05) is 33.6 Å². The van der Waals surface area contributed by atoms with Gasteiger partial charge in [0, 0.05) is 16.6 Å². The number of nitrogens with one attached hydrogen (secondary N) is 2. The normalized spacial score (nSPS) is 15.8. The molecule has 8 heteroatoms. The second kappa shape index (κ2) is 9.41. The molecule has 1 aliphatic heterocycles. The van der Waals surface area contributed by atoms with Crippen LogP contribution in [0, 0.1) is 6.92 Å². The van der Waals surface area contributed by atoms with Gasteiger partial charge in [0.2, 0.25) is 11.8 Å². The Kier molecular flexibility index (Phi) is 6.92. The third kappa shape index (κ3) is 5.36. The van der Waals surface area contributed by atoms with Crippen molar-refractivity contribution < 1.29 is 14.4 Å². The Morgan fingerprint density at radius 3 is 2.59 bits per heavy atom. The summed E-state index contributed by atoms with van der Waals surface area (Å²) < 4.78 is 0.879. The standard InChI is InChI=1S/C21H21BrClN3O3/c1-13-4-9-17(16(23)11-13)25-19(27)12-24-20(28)18-3-2-10-26(18)21(29)14-5-7-15(22)8-6-14/h4-9,11,18H,2-3,10,12H2,1H3,(H,24,28)(H,25,27). The van der Waals surface area contributed by atoms with Crippen LogP contribution in [0.15, 0.2) is 46.9 Å². The molecule has 1 heterocycles. The van der Waals surface area contributed by atoms with E-state index in [-0.39, 0.29) is 24.3 Å². The fraction of sp³-hybridized carbons (Fsp3) is 0.286. The van der Waals surface area contributed by atoms with Crippen LogP contribution in [0.25, 0.3) is 0 Å². The number of benzene rings is 2. The van der Waals surface area contributed by atoms with E-state index in [4.69, 9.17) is 11.6 Å². The molecule has 0 aromatic heterocycles. The highest BCUT2D eigenvalue weighted by atomic mass is 79.9. The van der Waals surface area contributed by atoms with Crippen LogP contribution in [0.3, 0.4) is 0 Å². The van der Waals surface area contributed by atoms with Gasteiger partial charge in [0.25, 0.3) is 5.91 Å². The van der Waals surface area contributed by atoms with Gasteiger partial charge in [-0.15, -0.1) is 0 Å². The van der Waals surface area contributed by atoms with E-state index in [9.17, 15) is 14.4 Å². The predicted molar refractivity (Wildman–Crippen MR) is 116 cm³/mol. The molecule has 2 N–H and O–H groups in total. The molecule has 1 unspecified atom stereocenters. The average molecular weight is 479 g/mol. The van der Waals surface area contributed by atoms with E-state index >= 15 is 0 Å². The fourth-order valence-electron chi connectivity index (χ4n) is 3.24. The molecule has 2 aromatic rings. The quantitative estimate of drug-likeness (QED) is 0.687. The first-order valence-electron chi connectivity index (χ1n) is 9.25. The number of nitrogens with zero attached hydrogens (tertiary/aromatic N) is 1. The molecular formula is C21H21BrClN3O3. The van der Waals surface area contributed by atoms with Crippen molar-refractivity contribution in [3.63, 3.8) is 0 Å². The molecule has 2 aromatic carbocycles. The third-order valence-corrected chi connectivity index (χ3v) is 5.57. The van der Waals surface area contributed by atoms with Crippen molar-refractivity contribution in [3.05, 3.63) is 63.1 Å². The Labute approximate surface area is 182 Å². The molecule has 3 rings (SSSR count). The van der Waals surface area contributed by atoms with Crippen LogP contribution in [-0.4, -0.2) is 41.8 Å². The number of carbonyl (C=O) groups is 3. The van der Waals surface area contributed by atoms with E-state index in [0.29, 0.717) is 29.2 Å². The van der Waals surface area contributed by atoms with Crippen molar-refractivity contribution >= 4 is 50.9 Å². The van der Waals surface area contributed by atoms with Gasteiger partial charge in [-0.3, -0.25) is 14.4 Å². The van der Waals surface area contributed by atoms with Crippen LogP contribution in [0.2, 0.25) is 5.02 Å². The minimum atomic E-state index is -0.582. The Balaban J connectivity index is 1.57. The van der Waals surface area contributed by atoms with Crippen molar-refractivity contribution in [2.24, 2.45) is 0 Å². The third-order valence-electron chi connectivity index (χ3n) is 4.73. The summed E-state index contributed by atoms with van der Waals surface area (Å²) in [6, 6.07) is 11.7. The van der Waals surface area contributed by atoms with Gasteiger partial charge in [-0.2, -0.15) is 0 Å². The summed E-state index contributed by atoms with van der Waals surface area (Å²) in [5.41, 5.74) is 2.00. The molecule has 29 heavy (non-hydrogen) atoms. The lowest BCUT2D eigenvalue weighted by Gasteiger charge is -2.24. The molecule has 0 radical (unpaired) electrons. The number of amides is 3. The molecule has 6 nitrogen and oxygen atoms in total. The lowest BCUT2D eigenvalue weighted by molar-refractivity contribution is -0.127. The SMILES string of the molecule is Cc1ccc(NC(=O)CNC(=O)C2CCCN2C(=O)c2ccc(Br)cc2)c(Cl)c1. The first-order chi connectivity index (χ1) is 13.8. The van der Waals surface area contributed by atoms with Gasteiger partial charge < -0.3 is 15.5 Å². The van der Waals surface area contributed by atoms with E-state index in [0.717, 1.165) is 16.5 Å². The summed E-state index contributed by atoms with van der Waals surface area (Å²) in [7, 11) is 0. The van der Waals surface area contributed by atoms with E-state index in [1.165, 1.54) is 0 Å². The molecule has 0 saturated carbocycles. The Hall–Kier alpha value is -2.38. The summed E-state index contributed by atoms with van der Waals surface area (Å²) in [4.78, 5) is 39.1. The van der Waals surface area contributed by atoms with Gasteiger partial charge in [-0.05, 0) is 61.7 Å². The minimum absolute atomic E-state index is 0.189. The van der Waals surface area contributed by atoms with Crippen molar-refractivity contribution in [1.82, 2.24) is 10.2 Å². The number of anilines is 1. The zero-order chi connectivity index (χ0) is 21.0. The summed E-state index contributed by atoms with van der Waals surface area (Å²) in [5, 5.41) is 5.74. The monoisotopic (exact) mass is 477 g/mol. The zero-order valence-electron chi connectivity index (χ0n) is 15.9. The van der Waals surface area contributed by atoms with Crippen LogP contribution < -0.4 is 10.6 Å². The highest BCUT2D eigenvalue weighted by Crippen LogP contribution is 2.23. The average Bonchev–Trinajstić information content (AvgIpc) is 3.18. The van der Waals surface area contributed by atoms with E-state index in [2.05, 4.69) is 26.6 Å². The van der Waals surface area contributed by atoms with Gasteiger partial charge in [0.1, 0.15) is 6.04 Å². The highest BCUT2D eigenvalue weighted by molar-refractivity contribution is 9.10. The summed E-state index contributed by atoms with van der Waals surface area (Å²) in [6.07, 6.45) is 1.31. The fourth-order valence-corrected chi connectivity index (χ4v) is 3.79. The second-order valence-corrected chi connectivity index (χ2v) is 8.24. The predicted octanol–water partition coefficient (Wildman–Crippen LogP) is 3.77. The molecule has 3 amide bonds. The largest absolute Gasteiger partial charge is 0.345 e. The van der Waals surface area contributed by atoms with E-state index < -0.39 is 6.04 Å². The maximum absolute atomic E-state index is 12.8. The molecule has 1 fully saturated rings. The number of likely N-dealkylation sites (tertiary alicyclic amines) is 1. The molecule has 1 aliphatic rings. The highest BCUT2D eigenvalue weighted by Gasteiger charge is 2.34. The van der Waals surface area contributed by atoms with Crippen molar-refractivity contribution in [3.8, 4) is 0 Å². The van der Waals surface area contributed by atoms with Crippen molar-refractivity contribution in [2.45, 2.75) is 25.8 Å². The lowest BCUT2D eigenvalue weighted by Crippen LogP contribution is -2.47. The molecule has 1 saturated heterocycles. The maximum atomic E-state index is 12.8. The summed E-state index contributed by atoms with van der Waals surface area (Å²) in [6.45, 7) is 2.22. The van der Waals surface area contributed by atoms with Crippen LogP contribution in [-0.2, 0) is 9.59 Å². The topological polar surface area (TPSA) is 78.5 Å². The molecule has 0 aliphatic carbocycles. The number of rotatable bonds is 5. The molecule has 152 valence electrons. The number of hydrogen-bond acceptors (Lipinski definition) is 3. The first-order valence-corrected chi connectivity index (χ1v) is 10.4. The number of hydrogen-bond donors (Lipinski definition) is 2. The van der Waals surface area contributed by atoms with Crippen LogP contribution >= 0.6 is 27.5 Å². The van der Waals surface area contributed by atoms with Gasteiger partial charge >= 0.3 is 0 Å². The molecule has 1 atom stereocenters. The van der Waals surface area contributed by atoms with Gasteiger partial charge in [0.15, 0.2) is 0 Å². The lowest BCUT2D eigenvalue weighted by atomic mass is 10.1. The zero-order valence-corrected chi connectivity index (χ0v) is 18.2. The van der Waals surface area contributed by atoms with Crippen molar-refractivity contribution in [1.29, 1.82) is 0 Å². The second-order valence-electron chi connectivity index (χ2n) is 6.91.